The van der Waals surface area contributed by atoms with Crippen LogP contribution in [0, 0.1) is 0 Å². The van der Waals surface area contributed by atoms with E-state index in [4.69, 9.17) is 9.47 Å². The third-order valence-electron chi connectivity index (χ3n) is 3.08. The average Bonchev–Trinajstić information content (AvgIpc) is 2.30. The van der Waals surface area contributed by atoms with Crippen LogP contribution < -0.4 is 0 Å². The summed E-state index contributed by atoms with van der Waals surface area (Å²) in [6.45, 7) is 9.97. The Balaban J connectivity index is 1.91. The van der Waals surface area contributed by atoms with Gasteiger partial charge in [0, 0.05) is 19.6 Å². The number of hydrogen-bond acceptors (Lipinski definition) is 4. The fourth-order valence-corrected chi connectivity index (χ4v) is 2.21. The van der Waals surface area contributed by atoms with Gasteiger partial charge in [-0.2, -0.15) is 0 Å². The van der Waals surface area contributed by atoms with Crippen LogP contribution in [0.2, 0.25) is 0 Å². The third-order valence-corrected chi connectivity index (χ3v) is 3.08. The first kappa shape index (κ1) is 10.4. The van der Waals surface area contributed by atoms with Gasteiger partial charge in [-0.15, -0.1) is 0 Å². The monoisotopic (exact) mass is 200 g/mol. The zero-order chi connectivity index (χ0) is 9.80. The molecular weight excluding hydrogens is 180 g/mol. The Kier molecular flexibility index (Phi) is 3.75. The maximum absolute atomic E-state index is 5.54. The quantitative estimate of drug-likeness (QED) is 0.626. The Morgan fingerprint density at radius 1 is 1.07 bits per heavy atom. The minimum Gasteiger partial charge on any atom is -0.379 e. The lowest BCUT2D eigenvalue weighted by Crippen LogP contribution is -2.57. The predicted octanol–water partition coefficient (Wildman–Crippen LogP) is -0.00320. The van der Waals surface area contributed by atoms with Gasteiger partial charge in [-0.3, -0.25) is 9.80 Å². The van der Waals surface area contributed by atoms with Gasteiger partial charge in [0.2, 0.25) is 0 Å². The standard InChI is InChI=1S/C10H20N2O2/c1-2-11-3-8-14-9-10(11)12-4-6-13-7-5-12/h10H,2-9H2,1H3. The molecule has 1 atom stereocenters. The molecule has 0 amide bonds. The summed E-state index contributed by atoms with van der Waals surface area (Å²) in [6.07, 6.45) is 0.484. The van der Waals surface area contributed by atoms with Crippen molar-refractivity contribution in [3.8, 4) is 0 Å². The largest absolute Gasteiger partial charge is 0.379 e. The molecule has 1 unspecified atom stereocenters. The van der Waals surface area contributed by atoms with E-state index < -0.39 is 0 Å². The van der Waals surface area contributed by atoms with Crippen molar-refractivity contribution < 1.29 is 9.47 Å². The molecular formula is C10H20N2O2. The number of rotatable bonds is 2. The zero-order valence-electron chi connectivity index (χ0n) is 8.95. The lowest BCUT2D eigenvalue weighted by atomic mass is 10.3. The van der Waals surface area contributed by atoms with E-state index in [0.717, 1.165) is 52.6 Å². The van der Waals surface area contributed by atoms with E-state index in [-0.39, 0.29) is 0 Å². The van der Waals surface area contributed by atoms with Gasteiger partial charge in [0.25, 0.3) is 0 Å². The van der Waals surface area contributed by atoms with Crippen LogP contribution in [0.5, 0.6) is 0 Å². The molecule has 0 saturated carbocycles. The van der Waals surface area contributed by atoms with Crippen LogP contribution in [0.3, 0.4) is 0 Å². The smallest absolute Gasteiger partial charge is 0.0866 e. The van der Waals surface area contributed by atoms with Crippen molar-refractivity contribution in [1.29, 1.82) is 0 Å². The highest BCUT2D eigenvalue weighted by Gasteiger charge is 2.28. The number of ether oxygens (including phenoxy) is 2. The van der Waals surface area contributed by atoms with Gasteiger partial charge < -0.3 is 9.47 Å². The van der Waals surface area contributed by atoms with Crippen LogP contribution in [0.1, 0.15) is 6.92 Å². The Bertz CT molecular complexity index is 172. The van der Waals surface area contributed by atoms with Crippen molar-refractivity contribution in [3.63, 3.8) is 0 Å². The van der Waals surface area contributed by atoms with Crippen molar-refractivity contribution in [1.82, 2.24) is 9.80 Å². The lowest BCUT2D eigenvalue weighted by Gasteiger charge is -2.43. The highest BCUT2D eigenvalue weighted by molar-refractivity contribution is 4.77. The van der Waals surface area contributed by atoms with Crippen LogP contribution in [-0.4, -0.2) is 68.6 Å². The normalized spacial score (nSPS) is 31.9. The van der Waals surface area contributed by atoms with Crippen molar-refractivity contribution >= 4 is 0 Å². The van der Waals surface area contributed by atoms with Crippen molar-refractivity contribution in [3.05, 3.63) is 0 Å². The van der Waals surface area contributed by atoms with Crippen LogP contribution in [-0.2, 0) is 9.47 Å². The molecule has 2 aliphatic rings. The summed E-state index contributed by atoms with van der Waals surface area (Å²) in [5.41, 5.74) is 0. The van der Waals surface area contributed by atoms with E-state index in [2.05, 4.69) is 16.7 Å². The highest BCUT2D eigenvalue weighted by Crippen LogP contribution is 2.12. The maximum atomic E-state index is 5.54. The molecule has 4 heteroatoms. The van der Waals surface area contributed by atoms with Gasteiger partial charge in [0.15, 0.2) is 0 Å². The van der Waals surface area contributed by atoms with E-state index in [0.29, 0.717) is 6.17 Å². The molecule has 14 heavy (non-hydrogen) atoms. The first-order chi connectivity index (χ1) is 6.92. The van der Waals surface area contributed by atoms with Crippen LogP contribution in [0.25, 0.3) is 0 Å². The van der Waals surface area contributed by atoms with E-state index in [1.807, 2.05) is 0 Å². The van der Waals surface area contributed by atoms with Crippen LogP contribution >= 0.6 is 0 Å². The molecule has 2 saturated heterocycles. The summed E-state index contributed by atoms with van der Waals surface area (Å²) >= 11 is 0. The zero-order valence-corrected chi connectivity index (χ0v) is 8.95. The highest BCUT2D eigenvalue weighted by atomic mass is 16.5. The molecule has 0 aromatic heterocycles. The topological polar surface area (TPSA) is 24.9 Å². The summed E-state index contributed by atoms with van der Waals surface area (Å²) < 4.78 is 10.9. The van der Waals surface area contributed by atoms with Crippen LogP contribution in [0.15, 0.2) is 0 Å². The predicted molar refractivity (Wildman–Crippen MR) is 54.2 cm³/mol. The van der Waals surface area contributed by atoms with Gasteiger partial charge in [-0.05, 0) is 6.54 Å². The molecule has 2 heterocycles. The molecule has 0 spiro atoms. The second kappa shape index (κ2) is 5.07. The first-order valence-corrected chi connectivity index (χ1v) is 5.55. The molecule has 0 bridgehead atoms. The molecule has 0 aliphatic carbocycles. The van der Waals surface area contributed by atoms with E-state index in [1.165, 1.54) is 0 Å². The molecule has 2 aliphatic heterocycles. The van der Waals surface area contributed by atoms with Crippen molar-refractivity contribution in [2.24, 2.45) is 0 Å². The second-order valence-corrected chi connectivity index (χ2v) is 3.83. The number of likely N-dealkylation sites (N-methyl/N-ethyl adjacent to an activating group) is 1. The van der Waals surface area contributed by atoms with Gasteiger partial charge in [0.05, 0.1) is 32.6 Å². The van der Waals surface area contributed by atoms with E-state index in [9.17, 15) is 0 Å². The van der Waals surface area contributed by atoms with E-state index in [1.54, 1.807) is 0 Å². The van der Waals surface area contributed by atoms with Gasteiger partial charge in [0.1, 0.15) is 0 Å². The lowest BCUT2D eigenvalue weighted by molar-refractivity contribution is -0.0997. The van der Waals surface area contributed by atoms with Gasteiger partial charge >= 0.3 is 0 Å². The van der Waals surface area contributed by atoms with Crippen molar-refractivity contribution in [2.75, 3.05) is 52.6 Å². The second-order valence-electron chi connectivity index (χ2n) is 3.83. The molecule has 2 fully saturated rings. The van der Waals surface area contributed by atoms with Crippen molar-refractivity contribution in [2.45, 2.75) is 13.1 Å². The van der Waals surface area contributed by atoms with Gasteiger partial charge in [-0.25, -0.2) is 0 Å². The molecule has 0 N–H and O–H groups in total. The maximum Gasteiger partial charge on any atom is 0.0866 e. The summed E-state index contributed by atoms with van der Waals surface area (Å²) in [7, 11) is 0. The van der Waals surface area contributed by atoms with Gasteiger partial charge in [-0.1, -0.05) is 6.92 Å². The number of morpholine rings is 2. The Morgan fingerprint density at radius 2 is 1.79 bits per heavy atom. The Labute approximate surface area is 85.8 Å². The molecule has 0 aromatic rings. The fraction of sp³-hybridized carbons (Fsp3) is 1.00. The number of hydrogen-bond donors (Lipinski definition) is 0. The third kappa shape index (κ3) is 2.25. The van der Waals surface area contributed by atoms with E-state index >= 15 is 0 Å². The SMILES string of the molecule is CCN1CCOCC1N1CCOCC1. The molecule has 0 radical (unpaired) electrons. The summed E-state index contributed by atoms with van der Waals surface area (Å²) in [6, 6.07) is 0. The average molecular weight is 200 g/mol. The minimum absolute atomic E-state index is 0.484. The molecule has 4 nitrogen and oxygen atoms in total. The molecule has 82 valence electrons. The fourth-order valence-electron chi connectivity index (χ4n) is 2.21. The molecule has 0 aromatic carbocycles. The minimum atomic E-state index is 0.484. The first-order valence-electron chi connectivity index (χ1n) is 5.55. The summed E-state index contributed by atoms with van der Waals surface area (Å²) in [5.74, 6) is 0. The molecule has 2 rings (SSSR count). The summed E-state index contributed by atoms with van der Waals surface area (Å²) in [5, 5.41) is 0. The Morgan fingerprint density at radius 3 is 2.50 bits per heavy atom. The van der Waals surface area contributed by atoms with Crippen LogP contribution in [0.4, 0.5) is 0 Å². The number of nitrogens with zero attached hydrogens (tertiary/aromatic N) is 2. The Hall–Kier alpha value is -0.160. The summed E-state index contributed by atoms with van der Waals surface area (Å²) in [4.78, 5) is 4.97.